The molecular formula is C26H19BrF2N2O4S. The van der Waals surface area contributed by atoms with Gasteiger partial charge in [0, 0.05) is 52.0 Å². The van der Waals surface area contributed by atoms with Gasteiger partial charge in [0.05, 0.1) is 11.5 Å². The zero-order valence-electron chi connectivity index (χ0n) is 19.0. The zero-order valence-corrected chi connectivity index (χ0v) is 21.4. The average molecular weight is 573 g/mol. The van der Waals surface area contributed by atoms with Crippen LogP contribution in [0.25, 0.3) is 0 Å². The zero-order chi connectivity index (χ0) is 25.4. The number of aromatic nitrogens is 1. The van der Waals surface area contributed by atoms with Crippen molar-refractivity contribution in [2.75, 3.05) is 11.6 Å². The minimum atomic E-state index is -0.945. The van der Waals surface area contributed by atoms with Gasteiger partial charge in [-0.15, -0.1) is 11.8 Å². The second-order valence-corrected chi connectivity index (χ2v) is 11.1. The first-order valence-electron chi connectivity index (χ1n) is 11.4. The first kappa shape index (κ1) is 23.4. The number of ketones is 1. The molecule has 0 saturated heterocycles. The summed E-state index contributed by atoms with van der Waals surface area (Å²) in [6.07, 6.45) is 2.70. The van der Waals surface area contributed by atoms with E-state index in [-0.39, 0.29) is 28.5 Å². The number of Topliss-reactive ketones (excluding diaryl/α,β-unsaturated/α-hetero) is 1. The highest BCUT2D eigenvalue weighted by Gasteiger charge is 2.57. The predicted octanol–water partition coefficient (Wildman–Crippen LogP) is 5.12. The van der Waals surface area contributed by atoms with Crippen LogP contribution < -0.4 is 15.2 Å². The molecular weight excluding hydrogens is 554 g/mol. The number of carbonyl (C=O) groups is 2. The van der Waals surface area contributed by atoms with E-state index in [4.69, 9.17) is 4.74 Å². The summed E-state index contributed by atoms with van der Waals surface area (Å²) in [4.78, 5) is 39.0. The SMILES string of the molecule is CC(=O)Oc1c2n(ccc1=O)N(C1c3ccccc3SCc3c(F)c(F)cc(Br)c31)CC1(CC1)C2=O. The van der Waals surface area contributed by atoms with Crippen LogP contribution in [0.4, 0.5) is 8.78 Å². The van der Waals surface area contributed by atoms with Crippen LogP contribution in [0.2, 0.25) is 0 Å². The Hall–Kier alpha value is -2.98. The maximum atomic E-state index is 15.2. The predicted molar refractivity (Wildman–Crippen MR) is 133 cm³/mol. The number of halogens is 3. The van der Waals surface area contributed by atoms with Gasteiger partial charge in [0.25, 0.3) is 0 Å². The smallest absolute Gasteiger partial charge is 0.308 e. The largest absolute Gasteiger partial charge is 0.420 e. The molecule has 0 radical (unpaired) electrons. The van der Waals surface area contributed by atoms with Crippen molar-refractivity contribution in [1.29, 1.82) is 0 Å². The number of benzene rings is 2. The quantitative estimate of drug-likeness (QED) is 0.313. The molecule has 2 aromatic carbocycles. The van der Waals surface area contributed by atoms with E-state index >= 15 is 4.39 Å². The van der Waals surface area contributed by atoms with Gasteiger partial charge < -0.3 is 4.74 Å². The summed E-state index contributed by atoms with van der Waals surface area (Å²) in [5, 5.41) is 1.90. The minimum absolute atomic E-state index is 0.00362. The van der Waals surface area contributed by atoms with E-state index in [1.165, 1.54) is 30.9 Å². The fraction of sp³-hybridized carbons (Fsp3) is 0.269. The molecule has 36 heavy (non-hydrogen) atoms. The highest BCUT2D eigenvalue weighted by molar-refractivity contribution is 9.10. The summed E-state index contributed by atoms with van der Waals surface area (Å²) in [7, 11) is 0. The molecule has 1 aromatic heterocycles. The lowest BCUT2D eigenvalue weighted by atomic mass is 9.89. The molecule has 184 valence electrons. The molecule has 2 aliphatic heterocycles. The van der Waals surface area contributed by atoms with E-state index < -0.39 is 34.5 Å². The highest BCUT2D eigenvalue weighted by Crippen LogP contribution is 2.54. The molecule has 0 bridgehead atoms. The summed E-state index contributed by atoms with van der Waals surface area (Å²) >= 11 is 4.89. The number of rotatable bonds is 2. The number of hydrogen-bond acceptors (Lipinski definition) is 6. The average Bonchev–Trinajstić information content (AvgIpc) is 3.64. The highest BCUT2D eigenvalue weighted by atomic mass is 79.9. The van der Waals surface area contributed by atoms with Gasteiger partial charge >= 0.3 is 5.97 Å². The van der Waals surface area contributed by atoms with E-state index in [1.807, 2.05) is 29.3 Å². The van der Waals surface area contributed by atoms with Gasteiger partial charge in [-0.1, -0.05) is 34.1 Å². The molecule has 3 heterocycles. The van der Waals surface area contributed by atoms with E-state index in [0.29, 0.717) is 29.4 Å². The van der Waals surface area contributed by atoms with E-state index in [0.717, 1.165) is 16.5 Å². The summed E-state index contributed by atoms with van der Waals surface area (Å²) in [5.41, 5.74) is 0.317. The van der Waals surface area contributed by atoms with Crippen molar-refractivity contribution in [3.05, 3.63) is 91.3 Å². The Morgan fingerprint density at radius 2 is 1.94 bits per heavy atom. The molecule has 3 aliphatic rings. The summed E-state index contributed by atoms with van der Waals surface area (Å²) in [6, 6.07) is 9.37. The van der Waals surface area contributed by atoms with Crippen LogP contribution in [0.3, 0.4) is 0 Å². The topological polar surface area (TPSA) is 68.6 Å². The minimum Gasteiger partial charge on any atom is -0.420 e. The Bertz CT molecular complexity index is 1540. The molecule has 10 heteroatoms. The van der Waals surface area contributed by atoms with Crippen LogP contribution in [0, 0.1) is 17.0 Å². The van der Waals surface area contributed by atoms with Crippen molar-refractivity contribution in [3.63, 3.8) is 0 Å². The van der Waals surface area contributed by atoms with Crippen molar-refractivity contribution in [2.24, 2.45) is 5.41 Å². The van der Waals surface area contributed by atoms with Gasteiger partial charge in [-0.25, -0.2) is 8.78 Å². The third kappa shape index (κ3) is 3.45. The van der Waals surface area contributed by atoms with Gasteiger partial charge in [-0.05, 0) is 30.5 Å². The van der Waals surface area contributed by atoms with E-state index in [1.54, 1.807) is 4.68 Å². The van der Waals surface area contributed by atoms with Crippen LogP contribution in [0.15, 0.2) is 56.8 Å². The lowest BCUT2D eigenvalue weighted by molar-refractivity contribution is -0.132. The summed E-state index contributed by atoms with van der Waals surface area (Å²) in [5.74, 6) is -2.91. The van der Waals surface area contributed by atoms with Crippen molar-refractivity contribution in [3.8, 4) is 5.75 Å². The molecule has 1 saturated carbocycles. The number of hydrogen-bond donors (Lipinski definition) is 0. The summed E-state index contributed by atoms with van der Waals surface area (Å²) in [6.45, 7) is 1.47. The number of nitrogens with zero attached hydrogens (tertiary/aromatic N) is 2. The van der Waals surface area contributed by atoms with Crippen LogP contribution in [0.1, 0.15) is 53.0 Å². The van der Waals surface area contributed by atoms with Crippen LogP contribution in [-0.2, 0) is 10.5 Å². The lowest BCUT2D eigenvalue weighted by Gasteiger charge is -2.43. The number of ether oxygens (including phenoxy) is 1. The van der Waals surface area contributed by atoms with Gasteiger partial charge in [0.1, 0.15) is 0 Å². The lowest BCUT2D eigenvalue weighted by Crippen LogP contribution is -2.52. The number of esters is 1. The van der Waals surface area contributed by atoms with Crippen molar-refractivity contribution < 1.29 is 23.1 Å². The molecule has 1 spiro atoms. The Balaban J connectivity index is 1.66. The normalized spacial score (nSPS) is 19.3. The van der Waals surface area contributed by atoms with E-state index in [9.17, 15) is 18.8 Å². The number of fused-ring (bicyclic) bond motifs is 3. The Kier molecular flexibility index (Phi) is 5.38. The van der Waals surface area contributed by atoms with Crippen molar-refractivity contribution >= 4 is 39.4 Å². The summed E-state index contributed by atoms with van der Waals surface area (Å²) < 4.78 is 36.9. The monoisotopic (exact) mass is 572 g/mol. The molecule has 1 atom stereocenters. The molecule has 0 N–H and O–H groups in total. The van der Waals surface area contributed by atoms with E-state index in [2.05, 4.69) is 15.9 Å². The van der Waals surface area contributed by atoms with Gasteiger partial charge in [-0.3, -0.25) is 24.1 Å². The molecule has 1 fully saturated rings. The van der Waals surface area contributed by atoms with Gasteiger partial charge in [0.15, 0.2) is 23.1 Å². The van der Waals surface area contributed by atoms with Crippen LogP contribution in [-0.4, -0.2) is 23.0 Å². The molecule has 6 rings (SSSR count). The fourth-order valence-electron chi connectivity index (χ4n) is 5.18. The number of carbonyl (C=O) groups excluding carboxylic acids is 2. The van der Waals surface area contributed by atoms with Crippen molar-refractivity contribution in [2.45, 2.75) is 36.5 Å². The Morgan fingerprint density at radius 3 is 2.67 bits per heavy atom. The van der Waals surface area contributed by atoms with Gasteiger partial charge in [0.2, 0.25) is 11.2 Å². The second-order valence-electron chi connectivity index (χ2n) is 9.28. The molecule has 6 nitrogen and oxygen atoms in total. The molecule has 0 amide bonds. The number of pyridine rings is 1. The molecule has 1 aliphatic carbocycles. The molecule has 3 aromatic rings. The third-order valence-corrected chi connectivity index (χ3v) is 8.81. The van der Waals surface area contributed by atoms with Gasteiger partial charge in [-0.2, -0.15) is 0 Å². The fourth-order valence-corrected chi connectivity index (χ4v) is 6.94. The second kappa shape index (κ2) is 8.27. The Labute approximate surface area is 217 Å². The molecule has 1 unspecified atom stereocenters. The standard InChI is InChI=1S/C26H19BrF2N2O4S/c1-13(32)35-24-18(33)6-9-30-23(24)25(34)26(7-8-26)12-31(30)22-14-4-2-3-5-19(14)36-11-15-20(22)16(27)10-17(28)21(15)29/h2-6,9-10,22H,7-8,11-12H2,1H3. The Morgan fingerprint density at radius 1 is 1.19 bits per heavy atom. The maximum absolute atomic E-state index is 15.2. The maximum Gasteiger partial charge on any atom is 0.308 e. The third-order valence-electron chi connectivity index (χ3n) is 7.04. The van der Waals surface area contributed by atoms with Crippen LogP contribution in [0.5, 0.6) is 5.75 Å². The first-order valence-corrected chi connectivity index (χ1v) is 13.1. The first-order chi connectivity index (χ1) is 17.2. The number of thioether (sulfide) groups is 1. The van der Waals surface area contributed by atoms with Crippen molar-refractivity contribution in [1.82, 2.24) is 4.68 Å². The van der Waals surface area contributed by atoms with Crippen LogP contribution >= 0.6 is 27.7 Å².